The van der Waals surface area contributed by atoms with Crippen molar-refractivity contribution in [2.45, 2.75) is 32.9 Å². The Hall–Kier alpha value is -2.83. The van der Waals surface area contributed by atoms with E-state index in [0.29, 0.717) is 11.3 Å². The van der Waals surface area contributed by atoms with Crippen LogP contribution in [0.25, 0.3) is 11.0 Å². The molecule has 1 aromatic carbocycles. The summed E-state index contributed by atoms with van der Waals surface area (Å²) < 4.78 is 10.6. The fraction of sp³-hybridized carbons (Fsp3) is 0.312. The van der Waals surface area contributed by atoms with Gasteiger partial charge in [-0.2, -0.15) is 0 Å². The molecule has 0 fully saturated rings. The summed E-state index contributed by atoms with van der Waals surface area (Å²) in [7, 11) is 0. The van der Waals surface area contributed by atoms with Crippen LogP contribution in [-0.4, -0.2) is 29.1 Å². The zero-order valence-corrected chi connectivity index (χ0v) is 13.0. The molecule has 0 radical (unpaired) electrons. The van der Waals surface area contributed by atoms with E-state index in [1.54, 1.807) is 19.1 Å². The quantitative estimate of drug-likeness (QED) is 0.808. The molecule has 1 aromatic heterocycles. The Balaban J connectivity index is 2.16. The van der Waals surface area contributed by atoms with Gasteiger partial charge in [-0.25, -0.2) is 4.79 Å². The van der Waals surface area contributed by atoms with Gasteiger partial charge >= 0.3 is 11.6 Å². The third-order valence-electron chi connectivity index (χ3n) is 3.33. The summed E-state index contributed by atoms with van der Waals surface area (Å²) in [6.07, 6.45) is -0.897. The smallest absolute Gasteiger partial charge is 0.336 e. The molecule has 1 amide bonds. The van der Waals surface area contributed by atoms with Crippen LogP contribution in [0, 0.1) is 6.92 Å². The standard InChI is InChI=1S/C16H17NO6/c1-8-6-14(18)23-13-7-11(4-5-12(8)13)22-10(3)15(19)17-9(2)16(20)21/h4-7,9-10H,1-3H3,(H,17,19)(H,20,21). The summed E-state index contributed by atoms with van der Waals surface area (Å²) in [4.78, 5) is 34.0. The highest BCUT2D eigenvalue weighted by Gasteiger charge is 2.20. The minimum atomic E-state index is -1.13. The van der Waals surface area contributed by atoms with E-state index in [-0.39, 0.29) is 0 Å². The lowest BCUT2D eigenvalue weighted by molar-refractivity contribution is -0.142. The normalized spacial score (nSPS) is 13.3. The Labute approximate surface area is 131 Å². The van der Waals surface area contributed by atoms with Crippen LogP contribution in [0.15, 0.2) is 33.5 Å². The molecule has 0 aliphatic rings. The van der Waals surface area contributed by atoms with E-state index in [4.69, 9.17) is 14.3 Å². The van der Waals surface area contributed by atoms with Crippen LogP contribution in [0.1, 0.15) is 19.4 Å². The lowest BCUT2D eigenvalue weighted by atomic mass is 10.1. The number of carboxylic acid groups (broad SMARTS) is 1. The number of hydrogen-bond acceptors (Lipinski definition) is 5. The third kappa shape index (κ3) is 3.88. The second-order valence-corrected chi connectivity index (χ2v) is 5.24. The molecule has 122 valence electrons. The van der Waals surface area contributed by atoms with E-state index < -0.39 is 29.6 Å². The maximum atomic E-state index is 11.9. The Morgan fingerprint density at radius 2 is 1.96 bits per heavy atom. The molecule has 7 nitrogen and oxygen atoms in total. The molecule has 0 spiro atoms. The Kier molecular flexibility index (Phi) is 4.68. The summed E-state index contributed by atoms with van der Waals surface area (Å²) >= 11 is 0. The van der Waals surface area contributed by atoms with Gasteiger partial charge in [-0.15, -0.1) is 0 Å². The lowest BCUT2D eigenvalue weighted by Gasteiger charge is -2.16. The van der Waals surface area contributed by atoms with Gasteiger partial charge in [-0.1, -0.05) is 0 Å². The first-order chi connectivity index (χ1) is 10.8. The number of carbonyl (C=O) groups is 2. The molecular formula is C16H17NO6. The molecule has 0 bridgehead atoms. The third-order valence-corrected chi connectivity index (χ3v) is 3.33. The number of aryl methyl sites for hydroxylation is 1. The fourth-order valence-corrected chi connectivity index (χ4v) is 2.03. The Morgan fingerprint density at radius 1 is 1.26 bits per heavy atom. The zero-order valence-electron chi connectivity index (χ0n) is 13.0. The molecular weight excluding hydrogens is 302 g/mol. The van der Waals surface area contributed by atoms with Crippen molar-refractivity contribution in [1.29, 1.82) is 0 Å². The van der Waals surface area contributed by atoms with E-state index in [9.17, 15) is 14.4 Å². The van der Waals surface area contributed by atoms with Gasteiger partial charge in [-0.05, 0) is 38.5 Å². The number of ether oxygens (including phenoxy) is 1. The molecule has 1 heterocycles. The van der Waals surface area contributed by atoms with Crippen LogP contribution in [0.2, 0.25) is 0 Å². The van der Waals surface area contributed by atoms with Crippen molar-refractivity contribution in [3.8, 4) is 5.75 Å². The van der Waals surface area contributed by atoms with Crippen LogP contribution in [0.3, 0.4) is 0 Å². The minimum Gasteiger partial charge on any atom is -0.481 e. The topological polar surface area (TPSA) is 106 Å². The molecule has 0 saturated heterocycles. The summed E-state index contributed by atoms with van der Waals surface area (Å²) in [6.45, 7) is 4.66. The van der Waals surface area contributed by atoms with Crippen LogP contribution in [0.5, 0.6) is 5.75 Å². The predicted octanol–water partition coefficient (Wildman–Crippen LogP) is 1.46. The minimum absolute atomic E-state index is 0.344. The van der Waals surface area contributed by atoms with E-state index >= 15 is 0 Å². The van der Waals surface area contributed by atoms with Gasteiger partial charge in [0.25, 0.3) is 5.91 Å². The largest absolute Gasteiger partial charge is 0.481 e. The first kappa shape index (κ1) is 16.5. The van der Waals surface area contributed by atoms with Crippen molar-refractivity contribution in [3.63, 3.8) is 0 Å². The predicted molar refractivity (Wildman–Crippen MR) is 82.6 cm³/mol. The van der Waals surface area contributed by atoms with Gasteiger partial charge in [-0.3, -0.25) is 9.59 Å². The number of hydrogen-bond donors (Lipinski definition) is 2. The number of amides is 1. The zero-order chi connectivity index (χ0) is 17.1. The molecule has 2 unspecified atom stereocenters. The van der Waals surface area contributed by atoms with Crippen molar-refractivity contribution in [3.05, 3.63) is 40.2 Å². The van der Waals surface area contributed by atoms with Gasteiger partial charge in [0.05, 0.1) is 0 Å². The Bertz CT molecular complexity index is 810. The summed E-state index contributed by atoms with van der Waals surface area (Å²) in [5, 5.41) is 11.9. The molecule has 7 heteroatoms. The van der Waals surface area contributed by atoms with Crippen LogP contribution >= 0.6 is 0 Å². The van der Waals surface area contributed by atoms with Crippen LogP contribution < -0.4 is 15.7 Å². The highest BCUT2D eigenvalue weighted by atomic mass is 16.5. The van der Waals surface area contributed by atoms with Gasteiger partial charge in [0, 0.05) is 17.5 Å². The van der Waals surface area contributed by atoms with E-state index in [2.05, 4.69) is 5.32 Å². The maximum absolute atomic E-state index is 11.9. The SMILES string of the molecule is Cc1cc(=O)oc2cc(OC(C)C(=O)NC(C)C(=O)O)ccc12. The van der Waals surface area contributed by atoms with E-state index in [0.717, 1.165) is 10.9 Å². The van der Waals surface area contributed by atoms with Crippen molar-refractivity contribution < 1.29 is 23.8 Å². The average Bonchev–Trinajstić information content (AvgIpc) is 2.46. The van der Waals surface area contributed by atoms with Gasteiger partial charge < -0.3 is 19.6 Å². The molecule has 2 aromatic rings. The van der Waals surface area contributed by atoms with E-state index in [1.807, 2.05) is 0 Å². The number of aliphatic carboxylic acids is 1. The number of carbonyl (C=O) groups excluding carboxylic acids is 1. The second kappa shape index (κ2) is 6.51. The summed E-state index contributed by atoms with van der Waals surface area (Å²) in [5.74, 6) is -1.34. The number of rotatable bonds is 5. The molecule has 2 rings (SSSR count). The molecule has 0 saturated carbocycles. The highest BCUT2D eigenvalue weighted by molar-refractivity contribution is 5.86. The second-order valence-electron chi connectivity index (χ2n) is 5.24. The first-order valence-electron chi connectivity index (χ1n) is 7.02. The Morgan fingerprint density at radius 3 is 2.61 bits per heavy atom. The molecule has 2 N–H and O–H groups in total. The molecule has 2 atom stereocenters. The first-order valence-corrected chi connectivity index (χ1v) is 7.02. The molecule has 23 heavy (non-hydrogen) atoms. The highest BCUT2D eigenvalue weighted by Crippen LogP contribution is 2.22. The van der Waals surface area contributed by atoms with Crippen molar-refractivity contribution in [1.82, 2.24) is 5.32 Å². The fourth-order valence-electron chi connectivity index (χ4n) is 2.03. The number of nitrogens with one attached hydrogen (secondary N) is 1. The van der Waals surface area contributed by atoms with E-state index in [1.165, 1.54) is 26.0 Å². The lowest BCUT2D eigenvalue weighted by Crippen LogP contribution is -2.44. The van der Waals surface area contributed by atoms with Crippen molar-refractivity contribution >= 4 is 22.8 Å². The van der Waals surface area contributed by atoms with Crippen molar-refractivity contribution in [2.24, 2.45) is 0 Å². The number of benzene rings is 1. The average molecular weight is 319 g/mol. The van der Waals surface area contributed by atoms with Gasteiger partial charge in [0.1, 0.15) is 17.4 Å². The van der Waals surface area contributed by atoms with Gasteiger partial charge in [0.15, 0.2) is 6.10 Å². The van der Waals surface area contributed by atoms with Crippen LogP contribution in [-0.2, 0) is 9.59 Å². The molecule has 0 aliphatic carbocycles. The summed E-state index contributed by atoms with van der Waals surface area (Å²) in [6, 6.07) is 5.29. The molecule has 0 aliphatic heterocycles. The number of carboxylic acids is 1. The van der Waals surface area contributed by atoms with Crippen molar-refractivity contribution in [2.75, 3.05) is 0 Å². The maximum Gasteiger partial charge on any atom is 0.336 e. The monoisotopic (exact) mass is 319 g/mol. The van der Waals surface area contributed by atoms with Crippen LogP contribution in [0.4, 0.5) is 0 Å². The number of fused-ring (bicyclic) bond motifs is 1. The van der Waals surface area contributed by atoms with Gasteiger partial charge in [0.2, 0.25) is 0 Å². The summed E-state index contributed by atoms with van der Waals surface area (Å²) in [5.41, 5.74) is 0.677.